The third-order valence-electron chi connectivity index (χ3n) is 7.68. The van der Waals surface area contributed by atoms with Crippen LogP contribution in [0.2, 0.25) is 0 Å². The van der Waals surface area contributed by atoms with Crippen LogP contribution in [-0.4, -0.2) is 17.5 Å². The molecule has 1 unspecified atom stereocenters. The molecule has 4 rings (SSSR count). The Hall–Kier alpha value is -4.58. The zero-order chi connectivity index (χ0) is 32.0. The molecule has 4 aromatic carbocycles. The molecule has 1 atom stereocenters. The van der Waals surface area contributed by atoms with E-state index in [9.17, 15) is 9.59 Å². The summed E-state index contributed by atoms with van der Waals surface area (Å²) in [6, 6.07) is 25.8. The molecule has 44 heavy (non-hydrogen) atoms. The summed E-state index contributed by atoms with van der Waals surface area (Å²) >= 11 is 0. The van der Waals surface area contributed by atoms with Gasteiger partial charge < -0.3 is 18.9 Å². The van der Waals surface area contributed by atoms with E-state index in [1.54, 1.807) is 62.4 Å². The number of hydrogen-bond acceptors (Lipinski definition) is 6. The number of ether oxygens (including phenoxy) is 4. The Kier molecular flexibility index (Phi) is 10.1. The molecule has 0 heterocycles. The average Bonchev–Trinajstić information content (AvgIpc) is 3.00. The lowest BCUT2D eigenvalue weighted by Crippen LogP contribution is -2.27. The van der Waals surface area contributed by atoms with Gasteiger partial charge in [0, 0.05) is 5.92 Å². The van der Waals surface area contributed by atoms with Crippen LogP contribution >= 0.6 is 0 Å². The molecule has 0 fully saturated rings. The monoisotopic (exact) mass is 594 g/mol. The fourth-order valence-corrected chi connectivity index (χ4v) is 4.44. The van der Waals surface area contributed by atoms with Crippen molar-refractivity contribution in [2.75, 3.05) is 0 Å². The van der Waals surface area contributed by atoms with Crippen LogP contribution in [0.1, 0.15) is 86.5 Å². The second-order valence-electron chi connectivity index (χ2n) is 12.1. The molecule has 6 nitrogen and oxygen atoms in total. The SMILES string of the molecule is CCC(C)(C)Oc1ccc(C(C)c2ccc(OC(=O)c3ccc(Oc4ccc(OC(=O)C(C)C)cc4)cc3)c(C)c2)cc1C. The predicted molar refractivity (Wildman–Crippen MR) is 173 cm³/mol. The molecule has 0 aliphatic carbocycles. The highest BCUT2D eigenvalue weighted by Crippen LogP contribution is 2.33. The Morgan fingerprint density at radius 2 is 1.18 bits per heavy atom. The van der Waals surface area contributed by atoms with Gasteiger partial charge >= 0.3 is 11.9 Å². The lowest BCUT2D eigenvalue weighted by atomic mass is 9.91. The van der Waals surface area contributed by atoms with Crippen LogP contribution < -0.4 is 18.9 Å². The summed E-state index contributed by atoms with van der Waals surface area (Å²) in [6.07, 6.45) is 0.927. The molecule has 0 aliphatic heterocycles. The van der Waals surface area contributed by atoms with Gasteiger partial charge in [0.1, 0.15) is 34.3 Å². The molecule has 0 radical (unpaired) electrons. The summed E-state index contributed by atoms with van der Waals surface area (Å²) in [5.74, 6) is 2.24. The second-order valence-corrected chi connectivity index (χ2v) is 12.1. The lowest BCUT2D eigenvalue weighted by Gasteiger charge is -2.26. The second kappa shape index (κ2) is 13.8. The molecular weight excluding hydrogens is 552 g/mol. The Labute approximate surface area is 260 Å². The summed E-state index contributed by atoms with van der Waals surface area (Å²) in [7, 11) is 0. The van der Waals surface area contributed by atoms with Gasteiger partial charge in [0.25, 0.3) is 0 Å². The van der Waals surface area contributed by atoms with Gasteiger partial charge in [-0.25, -0.2) is 4.79 Å². The quantitative estimate of drug-likeness (QED) is 0.127. The number of carbonyl (C=O) groups excluding carboxylic acids is 2. The molecule has 4 aromatic rings. The first-order valence-corrected chi connectivity index (χ1v) is 15.1. The third kappa shape index (κ3) is 8.28. The van der Waals surface area contributed by atoms with E-state index in [0.717, 1.165) is 28.9 Å². The van der Waals surface area contributed by atoms with Crippen LogP contribution in [0.25, 0.3) is 0 Å². The number of aryl methyl sites for hydroxylation is 2. The van der Waals surface area contributed by atoms with Crippen LogP contribution in [0.3, 0.4) is 0 Å². The maximum atomic E-state index is 12.9. The van der Waals surface area contributed by atoms with Gasteiger partial charge in [-0.3, -0.25) is 4.79 Å². The molecule has 0 spiro atoms. The fourth-order valence-electron chi connectivity index (χ4n) is 4.44. The van der Waals surface area contributed by atoms with Crippen molar-refractivity contribution in [2.24, 2.45) is 5.92 Å². The first-order valence-electron chi connectivity index (χ1n) is 15.1. The van der Waals surface area contributed by atoms with E-state index >= 15 is 0 Å². The maximum Gasteiger partial charge on any atom is 0.343 e. The van der Waals surface area contributed by atoms with Crippen molar-refractivity contribution in [1.82, 2.24) is 0 Å². The molecule has 0 saturated heterocycles. The van der Waals surface area contributed by atoms with E-state index in [1.807, 2.05) is 19.1 Å². The molecule has 6 heteroatoms. The Morgan fingerprint density at radius 3 is 1.68 bits per heavy atom. The van der Waals surface area contributed by atoms with Crippen LogP contribution in [0, 0.1) is 19.8 Å². The number of carbonyl (C=O) groups is 2. The Morgan fingerprint density at radius 1 is 0.682 bits per heavy atom. The van der Waals surface area contributed by atoms with Gasteiger partial charge in [0.05, 0.1) is 11.5 Å². The van der Waals surface area contributed by atoms with Gasteiger partial charge in [-0.15, -0.1) is 0 Å². The third-order valence-corrected chi connectivity index (χ3v) is 7.68. The lowest BCUT2D eigenvalue weighted by molar-refractivity contribution is -0.137. The molecule has 0 saturated carbocycles. The van der Waals surface area contributed by atoms with Gasteiger partial charge in [-0.05, 0) is 117 Å². The molecule has 230 valence electrons. The van der Waals surface area contributed by atoms with Gasteiger partial charge in [0.15, 0.2) is 0 Å². The minimum atomic E-state index is -0.446. The van der Waals surface area contributed by atoms with E-state index in [4.69, 9.17) is 18.9 Å². The van der Waals surface area contributed by atoms with Crippen molar-refractivity contribution in [3.05, 3.63) is 113 Å². The van der Waals surface area contributed by atoms with E-state index < -0.39 is 5.97 Å². The standard InChI is InChI=1S/C38H42O6/c1-9-38(7,8)44-35-21-13-30(23-26(35)5)27(6)29-12-20-34(25(4)22-29)43-37(40)28-10-14-31(15-11-28)41-32-16-18-33(19-17-32)42-36(39)24(2)3/h10-24,27H,9H2,1-8H3. The first-order chi connectivity index (χ1) is 20.8. The molecule has 0 aromatic heterocycles. The normalized spacial score (nSPS) is 12.0. The molecule has 0 amide bonds. The van der Waals surface area contributed by atoms with Crippen molar-refractivity contribution in [3.8, 4) is 28.7 Å². The summed E-state index contributed by atoms with van der Waals surface area (Å²) in [4.78, 5) is 24.7. The summed E-state index contributed by atoms with van der Waals surface area (Å²) in [5, 5.41) is 0. The predicted octanol–water partition coefficient (Wildman–Crippen LogP) is 9.60. The van der Waals surface area contributed by atoms with E-state index in [2.05, 4.69) is 58.9 Å². The summed E-state index contributed by atoms with van der Waals surface area (Å²) in [6.45, 7) is 16.1. The highest BCUT2D eigenvalue weighted by Gasteiger charge is 2.19. The van der Waals surface area contributed by atoms with Crippen LogP contribution in [0.4, 0.5) is 0 Å². The van der Waals surface area contributed by atoms with Crippen molar-refractivity contribution >= 4 is 11.9 Å². The van der Waals surface area contributed by atoms with Crippen molar-refractivity contribution < 1.29 is 28.5 Å². The molecule has 0 aliphatic rings. The minimum Gasteiger partial charge on any atom is -0.488 e. The highest BCUT2D eigenvalue weighted by atomic mass is 16.5. The summed E-state index contributed by atoms with van der Waals surface area (Å²) in [5.41, 5.74) is 4.52. The number of hydrogen-bond donors (Lipinski definition) is 0. The minimum absolute atomic E-state index is 0.157. The number of benzene rings is 4. The smallest absolute Gasteiger partial charge is 0.343 e. The zero-order valence-electron chi connectivity index (χ0n) is 26.9. The van der Waals surface area contributed by atoms with Crippen molar-refractivity contribution in [2.45, 2.75) is 73.3 Å². The van der Waals surface area contributed by atoms with E-state index in [0.29, 0.717) is 28.6 Å². The van der Waals surface area contributed by atoms with E-state index in [1.165, 1.54) is 5.56 Å². The largest absolute Gasteiger partial charge is 0.488 e. The van der Waals surface area contributed by atoms with Crippen LogP contribution in [-0.2, 0) is 4.79 Å². The van der Waals surface area contributed by atoms with Crippen molar-refractivity contribution in [1.29, 1.82) is 0 Å². The topological polar surface area (TPSA) is 71.1 Å². The zero-order valence-corrected chi connectivity index (χ0v) is 26.9. The average molecular weight is 595 g/mol. The van der Waals surface area contributed by atoms with Gasteiger partial charge in [-0.1, -0.05) is 52.0 Å². The molecular formula is C38H42O6. The molecule has 0 N–H and O–H groups in total. The Bertz CT molecular complexity index is 1600. The van der Waals surface area contributed by atoms with Crippen LogP contribution in [0.15, 0.2) is 84.9 Å². The Balaban J connectivity index is 1.37. The number of rotatable bonds is 11. The molecule has 0 bridgehead atoms. The van der Waals surface area contributed by atoms with Crippen LogP contribution in [0.5, 0.6) is 28.7 Å². The number of esters is 2. The van der Waals surface area contributed by atoms with Gasteiger partial charge in [-0.2, -0.15) is 0 Å². The van der Waals surface area contributed by atoms with Gasteiger partial charge in [0.2, 0.25) is 0 Å². The van der Waals surface area contributed by atoms with E-state index in [-0.39, 0.29) is 23.4 Å². The summed E-state index contributed by atoms with van der Waals surface area (Å²) < 4.78 is 23.1. The van der Waals surface area contributed by atoms with Crippen molar-refractivity contribution in [3.63, 3.8) is 0 Å². The highest BCUT2D eigenvalue weighted by molar-refractivity contribution is 5.91. The fraction of sp³-hybridized carbons (Fsp3) is 0.316. The first kappa shape index (κ1) is 32.3. The maximum absolute atomic E-state index is 12.9.